The first-order valence-electron chi connectivity index (χ1n) is 16.9. The standard InChI is InChI=1S/C42H38N2O6S/c1-26-38(25-51-35-19-17-34(18-20-35)43-27(2)46)49-42(50-39(26)30-15-13-28(24-45)14-16-30)33-10-6-9-32(22-33)31-8-5-7-29(21-31)23-44-40(47)36-11-3-4-12-37(36)41(44)48/h3-22,26,38-39,42,45H,23-25H2,1-2H3,(H,43,46)/t26-,38+,39+,42+/m1/s1. The Labute approximate surface area is 301 Å². The number of thioether (sulfide) groups is 1. The zero-order valence-corrected chi connectivity index (χ0v) is 29.1. The number of nitrogens with zero attached hydrogens (tertiary/aromatic N) is 1. The molecule has 5 aromatic rings. The highest BCUT2D eigenvalue weighted by molar-refractivity contribution is 7.99. The van der Waals surface area contributed by atoms with Gasteiger partial charge >= 0.3 is 0 Å². The van der Waals surface area contributed by atoms with Crippen LogP contribution in [0.4, 0.5) is 5.69 Å². The van der Waals surface area contributed by atoms with Gasteiger partial charge in [-0.1, -0.05) is 79.7 Å². The molecule has 2 N–H and O–H groups in total. The van der Waals surface area contributed by atoms with Gasteiger partial charge in [0.25, 0.3) is 11.8 Å². The van der Waals surface area contributed by atoms with Crippen molar-refractivity contribution >= 4 is 35.2 Å². The topological polar surface area (TPSA) is 105 Å². The van der Waals surface area contributed by atoms with Gasteiger partial charge in [-0.15, -0.1) is 11.8 Å². The quantitative estimate of drug-likeness (QED) is 0.112. The van der Waals surface area contributed by atoms with Crippen molar-refractivity contribution in [1.82, 2.24) is 4.90 Å². The number of imide groups is 1. The van der Waals surface area contributed by atoms with Gasteiger partial charge in [-0.2, -0.15) is 0 Å². The Morgan fingerprint density at radius 1 is 0.765 bits per heavy atom. The van der Waals surface area contributed by atoms with Crippen LogP contribution in [0.2, 0.25) is 0 Å². The van der Waals surface area contributed by atoms with E-state index in [1.807, 2.05) is 91.0 Å². The van der Waals surface area contributed by atoms with Gasteiger partial charge in [-0.05, 0) is 76.3 Å². The number of ether oxygens (including phenoxy) is 2. The molecule has 5 aromatic carbocycles. The normalized spacial score (nSPS) is 19.9. The number of hydrogen-bond donors (Lipinski definition) is 2. The van der Waals surface area contributed by atoms with E-state index in [4.69, 9.17) is 9.47 Å². The van der Waals surface area contributed by atoms with Gasteiger partial charge < -0.3 is 19.9 Å². The number of benzene rings is 5. The third-order valence-electron chi connectivity index (χ3n) is 9.35. The van der Waals surface area contributed by atoms with Gasteiger partial charge in [0.1, 0.15) is 0 Å². The summed E-state index contributed by atoms with van der Waals surface area (Å²) < 4.78 is 13.4. The molecule has 0 aromatic heterocycles. The van der Waals surface area contributed by atoms with Crippen LogP contribution in [0, 0.1) is 5.92 Å². The van der Waals surface area contributed by atoms with Gasteiger partial charge in [0.05, 0.1) is 36.5 Å². The number of fused-ring (bicyclic) bond motifs is 1. The first kappa shape index (κ1) is 34.4. The predicted octanol–water partition coefficient (Wildman–Crippen LogP) is 8.18. The zero-order chi connectivity index (χ0) is 35.5. The Hall–Kier alpha value is -5.06. The van der Waals surface area contributed by atoms with E-state index >= 15 is 0 Å². The Kier molecular flexibility index (Phi) is 10.1. The van der Waals surface area contributed by atoms with Gasteiger partial charge in [0.2, 0.25) is 5.91 Å². The van der Waals surface area contributed by atoms with E-state index in [0.717, 1.165) is 44.0 Å². The molecule has 9 heteroatoms. The molecule has 0 bridgehead atoms. The lowest BCUT2D eigenvalue weighted by Gasteiger charge is -2.41. The summed E-state index contributed by atoms with van der Waals surface area (Å²) in [6.07, 6.45) is -1.05. The average Bonchev–Trinajstić information content (AvgIpc) is 3.39. The highest BCUT2D eigenvalue weighted by Crippen LogP contribution is 2.43. The number of nitrogens with one attached hydrogen (secondary N) is 1. The van der Waals surface area contributed by atoms with E-state index in [1.54, 1.807) is 36.0 Å². The van der Waals surface area contributed by atoms with Gasteiger partial charge in [0.15, 0.2) is 6.29 Å². The molecule has 0 spiro atoms. The molecule has 0 saturated carbocycles. The van der Waals surface area contributed by atoms with Crippen LogP contribution in [-0.4, -0.2) is 39.6 Å². The summed E-state index contributed by atoms with van der Waals surface area (Å²) in [7, 11) is 0. The molecule has 2 heterocycles. The number of rotatable bonds is 10. The van der Waals surface area contributed by atoms with Crippen LogP contribution in [-0.2, 0) is 27.4 Å². The highest BCUT2D eigenvalue weighted by atomic mass is 32.2. The van der Waals surface area contributed by atoms with Crippen molar-refractivity contribution in [3.8, 4) is 11.1 Å². The minimum absolute atomic E-state index is 0.0226. The van der Waals surface area contributed by atoms with Crippen molar-refractivity contribution in [1.29, 1.82) is 0 Å². The van der Waals surface area contributed by atoms with Gasteiger partial charge in [0, 0.05) is 34.7 Å². The summed E-state index contributed by atoms with van der Waals surface area (Å²) in [5.41, 5.74) is 7.10. The third-order valence-corrected chi connectivity index (χ3v) is 10.5. The molecule has 7 rings (SSSR count). The molecule has 51 heavy (non-hydrogen) atoms. The maximum atomic E-state index is 13.0. The van der Waals surface area contributed by atoms with Crippen molar-refractivity contribution in [2.45, 2.75) is 50.4 Å². The number of aliphatic hydroxyl groups is 1. The first-order valence-corrected chi connectivity index (χ1v) is 17.9. The third kappa shape index (κ3) is 7.52. The lowest BCUT2D eigenvalue weighted by Crippen LogP contribution is -2.38. The Balaban J connectivity index is 1.12. The second kappa shape index (κ2) is 15.0. The summed E-state index contributed by atoms with van der Waals surface area (Å²) in [6.45, 7) is 3.78. The minimum Gasteiger partial charge on any atom is -0.392 e. The molecule has 2 aliphatic rings. The van der Waals surface area contributed by atoms with Crippen molar-refractivity contribution in [2.75, 3.05) is 11.1 Å². The number of carbonyl (C=O) groups is 3. The van der Waals surface area contributed by atoms with E-state index in [2.05, 4.69) is 18.3 Å². The summed E-state index contributed by atoms with van der Waals surface area (Å²) in [6, 6.07) is 38.5. The fraction of sp³-hybridized carbons (Fsp3) is 0.214. The van der Waals surface area contributed by atoms with Crippen molar-refractivity contribution < 1.29 is 29.0 Å². The molecule has 0 radical (unpaired) electrons. The number of aliphatic hydroxyl groups excluding tert-OH is 1. The molecule has 3 amide bonds. The van der Waals surface area contributed by atoms with Crippen LogP contribution < -0.4 is 5.32 Å². The Morgan fingerprint density at radius 3 is 2.10 bits per heavy atom. The number of hydrogen-bond acceptors (Lipinski definition) is 7. The van der Waals surface area contributed by atoms with E-state index in [1.165, 1.54) is 11.8 Å². The second-order valence-electron chi connectivity index (χ2n) is 12.9. The van der Waals surface area contributed by atoms with Gasteiger partial charge in [-0.25, -0.2) is 0 Å². The van der Waals surface area contributed by atoms with E-state index in [-0.39, 0.29) is 49.0 Å². The molecular weight excluding hydrogens is 661 g/mol. The molecule has 1 fully saturated rings. The summed E-state index contributed by atoms with van der Waals surface area (Å²) in [4.78, 5) is 39.9. The van der Waals surface area contributed by atoms with Crippen molar-refractivity contribution in [2.24, 2.45) is 5.92 Å². The van der Waals surface area contributed by atoms with E-state index < -0.39 is 6.29 Å². The second-order valence-corrected chi connectivity index (χ2v) is 14.0. The SMILES string of the molecule is CC(=O)Nc1ccc(SC[C@@H]2O[C@H](c3cccc(-c4cccc(CN5C(=O)c6ccccc6C5=O)c4)c3)O[C@H](c3ccc(CO)cc3)[C@@H]2C)cc1. The monoisotopic (exact) mass is 698 g/mol. The molecule has 258 valence electrons. The maximum Gasteiger partial charge on any atom is 0.261 e. The molecular formula is C42H38N2O6S. The molecule has 0 aliphatic carbocycles. The largest absolute Gasteiger partial charge is 0.392 e. The van der Waals surface area contributed by atoms with E-state index in [0.29, 0.717) is 16.9 Å². The smallest absolute Gasteiger partial charge is 0.261 e. The minimum atomic E-state index is -0.641. The average molecular weight is 699 g/mol. The lowest BCUT2D eigenvalue weighted by molar-refractivity contribution is -0.268. The van der Waals surface area contributed by atoms with Gasteiger partial charge in [-0.3, -0.25) is 19.3 Å². The van der Waals surface area contributed by atoms with Crippen LogP contribution in [0.25, 0.3) is 11.1 Å². The van der Waals surface area contributed by atoms with Crippen molar-refractivity contribution in [3.63, 3.8) is 0 Å². The molecule has 4 atom stereocenters. The van der Waals surface area contributed by atoms with Crippen molar-refractivity contribution in [3.05, 3.63) is 155 Å². The Bertz CT molecular complexity index is 2030. The molecule has 2 aliphatic heterocycles. The van der Waals surface area contributed by atoms with E-state index in [9.17, 15) is 19.5 Å². The zero-order valence-electron chi connectivity index (χ0n) is 28.3. The number of amides is 3. The predicted molar refractivity (Wildman–Crippen MR) is 197 cm³/mol. The fourth-order valence-electron chi connectivity index (χ4n) is 6.61. The summed E-state index contributed by atoms with van der Waals surface area (Å²) >= 11 is 1.69. The Morgan fingerprint density at radius 2 is 1.43 bits per heavy atom. The first-order chi connectivity index (χ1) is 24.8. The molecule has 0 unspecified atom stereocenters. The highest BCUT2D eigenvalue weighted by Gasteiger charge is 2.39. The summed E-state index contributed by atoms with van der Waals surface area (Å²) in [5, 5.41) is 12.4. The fourth-order valence-corrected chi connectivity index (χ4v) is 7.67. The number of carbonyl (C=O) groups excluding carboxylic acids is 3. The van der Waals surface area contributed by atoms with Crippen LogP contribution in [0.3, 0.4) is 0 Å². The van der Waals surface area contributed by atoms with Crippen LogP contribution in [0.1, 0.15) is 69.2 Å². The lowest BCUT2D eigenvalue weighted by atomic mass is 9.91. The molecule has 8 nitrogen and oxygen atoms in total. The summed E-state index contributed by atoms with van der Waals surface area (Å²) in [5.74, 6) is 0.0420. The van der Waals surface area contributed by atoms with Crippen LogP contribution in [0.5, 0.6) is 0 Å². The number of anilines is 1. The maximum absolute atomic E-state index is 13.0. The van der Waals surface area contributed by atoms with Crippen LogP contribution >= 0.6 is 11.8 Å². The van der Waals surface area contributed by atoms with Crippen LogP contribution in [0.15, 0.2) is 126 Å². The molecule has 1 saturated heterocycles.